The molecule has 0 bridgehead atoms. The van der Waals surface area contributed by atoms with E-state index in [4.69, 9.17) is 0 Å². The van der Waals surface area contributed by atoms with Gasteiger partial charge in [-0.05, 0) is 37.1 Å². The normalized spacial score (nSPS) is 10.4. The summed E-state index contributed by atoms with van der Waals surface area (Å²) in [6.45, 7) is 3.90. The number of carbonyl (C=O) groups excluding carboxylic acids is 2. The predicted molar refractivity (Wildman–Crippen MR) is 86.9 cm³/mol. The van der Waals surface area contributed by atoms with Crippen molar-refractivity contribution in [3.63, 3.8) is 0 Å². The van der Waals surface area contributed by atoms with Gasteiger partial charge in [-0.1, -0.05) is 18.2 Å². The van der Waals surface area contributed by atoms with Crippen molar-refractivity contribution in [2.45, 2.75) is 13.8 Å². The maximum Gasteiger partial charge on any atom is 0.270 e. The molecule has 0 fully saturated rings. The number of amides is 2. The fourth-order valence-corrected chi connectivity index (χ4v) is 2.36. The van der Waals surface area contributed by atoms with Crippen molar-refractivity contribution in [2.24, 2.45) is 7.05 Å². The zero-order valence-corrected chi connectivity index (χ0v) is 13.4. The Morgan fingerprint density at radius 1 is 1.14 bits per heavy atom. The average Bonchev–Trinajstić information content (AvgIpc) is 2.88. The monoisotopic (exact) mass is 299 g/mol. The summed E-state index contributed by atoms with van der Waals surface area (Å²) in [5.74, 6) is -0.383. The summed E-state index contributed by atoms with van der Waals surface area (Å²) < 4.78 is 1.74. The highest BCUT2D eigenvalue weighted by Crippen LogP contribution is 2.19. The Morgan fingerprint density at radius 3 is 2.32 bits per heavy atom. The Bertz CT molecular complexity index is 683. The van der Waals surface area contributed by atoms with Gasteiger partial charge in [-0.15, -0.1) is 0 Å². The molecule has 0 aliphatic carbocycles. The first-order valence-electron chi connectivity index (χ1n) is 7.13. The molecule has 0 aliphatic heterocycles. The lowest BCUT2D eigenvalue weighted by Gasteiger charge is -2.18. The molecular formula is C17H21N3O2. The van der Waals surface area contributed by atoms with Crippen molar-refractivity contribution in [3.05, 3.63) is 53.3 Å². The van der Waals surface area contributed by atoms with E-state index in [1.807, 2.05) is 32.0 Å². The van der Waals surface area contributed by atoms with Crippen molar-refractivity contribution in [1.29, 1.82) is 0 Å². The van der Waals surface area contributed by atoms with E-state index in [0.717, 1.165) is 16.8 Å². The van der Waals surface area contributed by atoms with Crippen molar-refractivity contribution >= 4 is 17.5 Å². The van der Waals surface area contributed by atoms with E-state index in [9.17, 15) is 9.59 Å². The highest BCUT2D eigenvalue weighted by Gasteiger charge is 2.17. The number of anilines is 1. The third-order valence-corrected chi connectivity index (χ3v) is 3.64. The van der Waals surface area contributed by atoms with E-state index in [1.54, 1.807) is 37.0 Å². The van der Waals surface area contributed by atoms with Gasteiger partial charge in [0.2, 0.25) is 5.91 Å². The van der Waals surface area contributed by atoms with Crippen LogP contribution < -0.4 is 5.32 Å². The zero-order chi connectivity index (χ0) is 16.3. The van der Waals surface area contributed by atoms with Gasteiger partial charge in [-0.2, -0.15) is 0 Å². The highest BCUT2D eigenvalue weighted by molar-refractivity contribution is 5.99. The van der Waals surface area contributed by atoms with Crippen LogP contribution in [-0.2, 0) is 11.8 Å². The Kier molecular flexibility index (Phi) is 4.65. The lowest BCUT2D eigenvalue weighted by atomic mass is 10.1. The first kappa shape index (κ1) is 15.8. The van der Waals surface area contributed by atoms with E-state index in [0.29, 0.717) is 5.69 Å². The average molecular weight is 299 g/mol. The van der Waals surface area contributed by atoms with Crippen molar-refractivity contribution in [2.75, 3.05) is 18.9 Å². The van der Waals surface area contributed by atoms with Gasteiger partial charge in [0.1, 0.15) is 5.69 Å². The molecule has 2 aromatic rings. The summed E-state index contributed by atoms with van der Waals surface area (Å²) in [4.78, 5) is 25.9. The predicted octanol–water partition coefficient (Wildman–Crippen LogP) is 2.35. The summed E-state index contributed by atoms with van der Waals surface area (Å²) in [7, 11) is 3.43. The van der Waals surface area contributed by atoms with Gasteiger partial charge in [0.25, 0.3) is 5.91 Å². The fraction of sp³-hybridized carbons (Fsp3) is 0.294. The standard InChI is InChI=1S/C17H21N3O2/c1-12-7-5-8-13(2)16(12)18-15(21)11-20(4)17(22)14-9-6-10-19(14)3/h5-10H,11H2,1-4H3,(H,18,21). The molecule has 2 rings (SSSR count). The number of para-hydroxylation sites is 1. The summed E-state index contributed by atoms with van der Waals surface area (Å²) in [6.07, 6.45) is 1.80. The van der Waals surface area contributed by atoms with Crippen LogP contribution in [0.5, 0.6) is 0 Å². The van der Waals surface area contributed by atoms with Gasteiger partial charge in [-0.3, -0.25) is 9.59 Å². The second-order valence-corrected chi connectivity index (χ2v) is 5.48. The van der Waals surface area contributed by atoms with E-state index in [1.165, 1.54) is 4.90 Å². The van der Waals surface area contributed by atoms with Crippen LogP contribution in [0.4, 0.5) is 5.69 Å². The van der Waals surface area contributed by atoms with Crippen LogP contribution in [0.3, 0.4) is 0 Å². The topological polar surface area (TPSA) is 54.3 Å². The number of rotatable bonds is 4. The van der Waals surface area contributed by atoms with Crippen molar-refractivity contribution in [1.82, 2.24) is 9.47 Å². The van der Waals surface area contributed by atoms with E-state index >= 15 is 0 Å². The Balaban J connectivity index is 2.03. The van der Waals surface area contributed by atoms with Gasteiger partial charge in [-0.25, -0.2) is 0 Å². The molecule has 0 saturated heterocycles. The number of likely N-dealkylation sites (N-methyl/N-ethyl adjacent to an activating group) is 1. The largest absolute Gasteiger partial charge is 0.347 e. The van der Waals surface area contributed by atoms with E-state index in [-0.39, 0.29) is 18.4 Å². The third kappa shape index (κ3) is 3.36. The number of aryl methyl sites for hydroxylation is 3. The molecule has 1 aromatic carbocycles. The molecule has 0 atom stereocenters. The second-order valence-electron chi connectivity index (χ2n) is 5.48. The minimum absolute atomic E-state index is 0.0117. The van der Waals surface area contributed by atoms with Crippen LogP contribution in [0.1, 0.15) is 21.6 Å². The number of hydrogen-bond donors (Lipinski definition) is 1. The number of benzene rings is 1. The van der Waals surface area contributed by atoms with Gasteiger partial charge >= 0.3 is 0 Å². The Hall–Kier alpha value is -2.56. The molecule has 0 radical (unpaired) electrons. The molecule has 1 heterocycles. The summed E-state index contributed by atoms with van der Waals surface area (Å²) in [6, 6.07) is 9.38. The highest BCUT2D eigenvalue weighted by atomic mass is 16.2. The van der Waals surface area contributed by atoms with Crippen LogP contribution in [-0.4, -0.2) is 34.9 Å². The molecular weight excluding hydrogens is 278 g/mol. The SMILES string of the molecule is Cc1cccc(C)c1NC(=O)CN(C)C(=O)c1cccn1C. The van der Waals surface area contributed by atoms with Gasteiger partial charge in [0.05, 0.1) is 6.54 Å². The third-order valence-electron chi connectivity index (χ3n) is 3.64. The number of hydrogen-bond acceptors (Lipinski definition) is 2. The Labute approximate surface area is 130 Å². The van der Waals surface area contributed by atoms with Crippen LogP contribution in [0.15, 0.2) is 36.5 Å². The van der Waals surface area contributed by atoms with Crippen LogP contribution in [0, 0.1) is 13.8 Å². The first-order chi connectivity index (χ1) is 10.4. The maximum absolute atomic E-state index is 12.3. The quantitative estimate of drug-likeness (QED) is 0.942. The smallest absolute Gasteiger partial charge is 0.270 e. The van der Waals surface area contributed by atoms with Crippen molar-refractivity contribution < 1.29 is 9.59 Å². The molecule has 116 valence electrons. The number of nitrogens with zero attached hydrogens (tertiary/aromatic N) is 2. The van der Waals surface area contributed by atoms with E-state index in [2.05, 4.69) is 5.32 Å². The van der Waals surface area contributed by atoms with Gasteiger partial charge < -0.3 is 14.8 Å². The minimum Gasteiger partial charge on any atom is -0.347 e. The van der Waals surface area contributed by atoms with Crippen LogP contribution in [0.2, 0.25) is 0 Å². The molecule has 1 aromatic heterocycles. The maximum atomic E-state index is 12.3. The van der Waals surface area contributed by atoms with Crippen molar-refractivity contribution in [3.8, 4) is 0 Å². The summed E-state index contributed by atoms with van der Waals surface area (Å²) in [5.41, 5.74) is 3.38. The summed E-state index contributed by atoms with van der Waals surface area (Å²) >= 11 is 0. The number of nitrogens with one attached hydrogen (secondary N) is 1. The lowest BCUT2D eigenvalue weighted by Crippen LogP contribution is -2.35. The molecule has 0 aliphatic rings. The molecule has 5 nitrogen and oxygen atoms in total. The lowest BCUT2D eigenvalue weighted by molar-refractivity contribution is -0.116. The zero-order valence-electron chi connectivity index (χ0n) is 13.4. The molecule has 0 saturated carbocycles. The molecule has 0 spiro atoms. The van der Waals surface area contributed by atoms with Crippen LogP contribution in [0.25, 0.3) is 0 Å². The first-order valence-corrected chi connectivity index (χ1v) is 7.13. The molecule has 1 N–H and O–H groups in total. The fourth-order valence-electron chi connectivity index (χ4n) is 2.36. The molecule has 22 heavy (non-hydrogen) atoms. The number of aromatic nitrogens is 1. The molecule has 5 heteroatoms. The van der Waals surface area contributed by atoms with Crippen LogP contribution >= 0.6 is 0 Å². The Morgan fingerprint density at radius 2 is 1.77 bits per heavy atom. The number of carbonyl (C=O) groups is 2. The molecule has 2 amide bonds. The second kappa shape index (κ2) is 6.47. The minimum atomic E-state index is -0.206. The summed E-state index contributed by atoms with van der Waals surface area (Å²) in [5, 5.41) is 2.88. The van der Waals surface area contributed by atoms with Gasteiger partial charge in [0, 0.05) is 26.0 Å². The molecule has 0 unspecified atom stereocenters. The van der Waals surface area contributed by atoms with Gasteiger partial charge in [0.15, 0.2) is 0 Å². The van der Waals surface area contributed by atoms with E-state index < -0.39 is 0 Å².